The van der Waals surface area contributed by atoms with E-state index < -0.39 is 17.0 Å². The number of esters is 2. The second-order valence-electron chi connectivity index (χ2n) is 28.1. The minimum absolute atomic E-state index is 0. The number of benzene rings is 4. The van der Waals surface area contributed by atoms with Crippen LogP contribution in [0.25, 0.3) is 33.4 Å². The van der Waals surface area contributed by atoms with Gasteiger partial charge in [-0.15, -0.1) is 69.9 Å². The Morgan fingerprint density at radius 1 is 0.504 bits per heavy atom. The SMILES string of the molecule is CCCCC(CC)COC(=O)CCSc1cc(Br)cc(CC)c1.CCCCC(CC)COC(=O)CCSc1cc(CC)cc(-c2c(C)noc2C)c1.CCc1cc(-c2c(C)noc2C)cc(S(=O)(=O)c2cnc(CN)s2)c1.CCc1cc(Sc2cnc(CC)s2)cc(-c2c(C)noc2C)c1.CCc1ncc(Br)s1.Cc1noc(C)c1B(O)O.Cl. The Balaban J connectivity index is 0.000000263. The van der Waals surface area contributed by atoms with Crippen molar-refractivity contribution in [2.45, 2.75) is 262 Å². The summed E-state index contributed by atoms with van der Waals surface area (Å²) in [5.74, 6) is 5.16. The molecule has 0 saturated heterocycles. The first-order valence-corrected chi connectivity index (χ1v) is 48.8. The van der Waals surface area contributed by atoms with Crippen LogP contribution in [0.1, 0.15) is 217 Å². The molecule has 2 atom stereocenters. The van der Waals surface area contributed by atoms with E-state index in [4.69, 9.17) is 38.8 Å². The zero-order valence-corrected chi connectivity index (χ0v) is 81.7. The number of carbonyl (C=O) groups is 2. The predicted molar refractivity (Wildman–Crippen MR) is 498 cm³/mol. The van der Waals surface area contributed by atoms with E-state index in [1.807, 2.05) is 66.9 Å². The molecule has 11 aromatic rings. The second-order valence-corrected chi connectivity index (χ2v) is 39.7. The molecule has 0 amide bonds. The number of aryl methyl sites for hydroxylation is 14. The highest BCUT2D eigenvalue weighted by Crippen LogP contribution is 2.39. The summed E-state index contributed by atoms with van der Waals surface area (Å²) in [7, 11) is -5.13. The first-order valence-electron chi connectivity index (χ1n) is 40.5. The van der Waals surface area contributed by atoms with Crippen LogP contribution in [0, 0.1) is 67.2 Å². The van der Waals surface area contributed by atoms with Crippen molar-refractivity contribution < 1.29 is 55.6 Å². The standard InChI is InChI=1S/C24H35NO3S.C19H29BrO2S.C18H20N2OS2.C17H19N3O3S2.C5H8BNO3.C5H6BrNS.ClH/c1-6-9-10-19(7-2)16-27-23(26)11-12-29-22-14-20(8-3)13-21(15-22)24-17(4)25-28-18(24)5;1-4-7-8-15(5-2)14-22-19(21)9-10-23-18-12-16(6-3)11-17(20)13-18;1-5-13-7-14(18-11(3)20-21-12(18)4)9-15(8-13)22-17-10-19-16(6-2)23-17;1-4-12-5-13(17-10(2)20-23-11(17)3)7-14(6-12)25(21,22)16-9-19-15(8-18)24-16;1-3-5(6(8)9)4(2)10-7-3;1-2-5-7-3-4(6)8-5;/h13-15,19H,6-12,16H2,1-5H3;11-13,15H,4-10,14H2,1-3H3;7-10H,5-6H2,1-4H3;5-7,9H,4,8,18H2,1-3H3;8-9H,1-2H3;3H,2H2,1H3;1H. The molecule has 0 aliphatic rings. The summed E-state index contributed by atoms with van der Waals surface area (Å²) < 4.78 is 61.2. The van der Waals surface area contributed by atoms with Crippen molar-refractivity contribution in [3.05, 3.63) is 183 Å². The fraction of sp³-hybridized carbons (Fsp3) is 0.466. The molecule has 0 aliphatic heterocycles. The molecule has 0 aliphatic carbocycles. The quantitative estimate of drug-likeness (QED) is 0.0189. The van der Waals surface area contributed by atoms with Gasteiger partial charge in [-0.2, -0.15) is 0 Å². The van der Waals surface area contributed by atoms with Gasteiger partial charge in [-0.1, -0.05) is 174 Å². The third-order valence-corrected chi connectivity index (χ3v) is 28.6. The van der Waals surface area contributed by atoms with Gasteiger partial charge in [0.05, 0.1) is 90.3 Å². The first-order chi connectivity index (χ1) is 56.5. The zero-order chi connectivity index (χ0) is 86.6. The molecule has 4 aromatic carbocycles. The Kier molecular flexibility index (Phi) is 46.6. The largest absolute Gasteiger partial charge is 0.494 e. The molecule has 4 N–H and O–H groups in total. The summed E-state index contributed by atoms with van der Waals surface area (Å²) >= 11 is 16.6. The number of carbonyl (C=O) groups excluding carboxylic acids is 2. The lowest BCUT2D eigenvalue weighted by Gasteiger charge is -2.14. The van der Waals surface area contributed by atoms with Gasteiger partial charge in [0, 0.05) is 59.4 Å². The summed E-state index contributed by atoms with van der Waals surface area (Å²) in [5.41, 5.74) is 20.0. The maximum Gasteiger partial charge on any atom is 0.494 e. The first kappa shape index (κ1) is 103. The van der Waals surface area contributed by atoms with Crippen molar-refractivity contribution in [2.24, 2.45) is 17.6 Å². The molecule has 20 nitrogen and oxygen atoms in total. The van der Waals surface area contributed by atoms with E-state index >= 15 is 0 Å². The fourth-order valence-electron chi connectivity index (χ4n) is 12.3. The number of hydrogen-bond donors (Lipinski definition) is 3. The molecule has 2 unspecified atom stereocenters. The number of halogens is 3. The van der Waals surface area contributed by atoms with Crippen LogP contribution >= 0.6 is 114 Å². The van der Waals surface area contributed by atoms with Crippen molar-refractivity contribution >= 4 is 148 Å². The van der Waals surface area contributed by atoms with Gasteiger partial charge in [-0.05, 0) is 228 Å². The number of rotatable bonds is 35. The number of aromatic nitrogens is 7. The van der Waals surface area contributed by atoms with E-state index in [0.29, 0.717) is 65.6 Å². The summed E-state index contributed by atoms with van der Waals surface area (Å²) in [5, 5.41) is 36.1. The predicted octanol–water partition coefficient (Wildman–Crippen LogP) is 23.8. The number of nitrogens with zero attached hydrogens (tertiary/aromatic N) is 7. The topological polar surface area (TPSA) is 296 Å². The number of unbranched alkanes of at least 4 members (excludes halogenated alkanes) is 2. The van der Waals surface area contributed by atoms with Gasteiger partial charge in [0.15, 0.2) is 0 Å². The van der Waals surface area contributed by atoms with Crippen LogP contribution in [0.15, 0.2) is 146 Å². The molecule has 31 heteroatoms. The Labute approximate surface area is 752 Å². The van der Waals surface area contributed by atoms with E-state index in [1.54, 1.807) is 83.9 Å². The van der Waals surface area contributed by atoms with Crippen LogP contribution < -0.4 is 11.2 Å². The van der Waals surface area contributed by atoms with E-state index in [-0.39, 0.29) is 40.0 Å². The van der Waals surface area contributed by atoms with E-state index in [0.717, 1.165) is 157 Å². The molecule has 119 heavy (non-hydrogen) atoms. The number of nitrogens with two attached hydrogens (primary N) is 1. The highest BCUT2D eigenvalue weighted by Gasteiger charge is 2.26. The molecule has 11 rings (SSSR count). The summed E-state index contributed by atoms with van der Waals surface area (Å²) in [6.07, 6.45) is 21.1. The lowest BCUT2D eigenvalue weighted by Crippen LogP contribution is -2.32. The monoisotopic (exact) mass is 1910 g/mol. The number of thioether (sulfide) groups is 2. The van der Waals surface area contributed by atoms with Gasteiger partial charge < -0.3 is 43.3 Å². The maximum absolute atomic E-state index is 13.0. The van der Waals surface area contributed by atoms with Gasteiger partial charge >= 0.3 is 19.1 Å². The molecule has 7 heterocycles. The summed E-state index contributed by atoms with van der Waals surface area (Å²) in [4.78, 5) is 40.5. The highest BCUT2D eigenvalue weighted by atomic mass is 79.9. The molecular formula is C88H118BBr2ClN8O12S7. The van der Waals surface area contributed by atoms with Crippen molar-refractivity contribution in [3.8, 4) is 33.4 Å². The molecule has 0 radical (unpaired) electrons. The van der Waals surface area contributed by atoms with Crippen molar-refractivity contribution in [1.82, 2.24) is 35.6 Å². The second kappa shape index (κ2) is 53.7. The molecule has 0 saturated carbocycles. The Hall–Kier alpha value is -6.26. The number of sulfone groups is 1. The fourth-order valence-corrected chi connectivity index (χ4v) is 20.8. The van der Waals surface area contributed by atoms with Crippen LogP contribution in [-0.2, 0) is 74.0 Å². The Morgan fingerprint density at radius 3 is 1.30 bits per heavy atom. The van der Waals surface area contributed by atoms with Crippen LogP contribution in [0.4, 0.5) is 0 Å². The van der Waals surface area contributed by atoms with E-state index in [9.17, 15) is 18.0 Å². The number of ether oxygens (including phenoxy) is 2. The van der Waals surface area contributed by atoms with Crippen LogP contribution in [0.2, 0.25) is 0 Å². The van der Waals surface area contributed by atoms with Gasteiger partial charge in [-0.25, -0.2) is 23.4 Å². The lowest BCUT2D eigenvalue weighted by atomic mass is 9.79. The number of thiazole rings is 3. The van der Waals surface area contributed by atoms with Crippen LogP contribution in [0.5, 0.6) is 0 Å². The van der Waals surface area contributed by atoms with Crippen molar-refractivity contribution in [3.63, 3.8) is 0 Å². The molecule has 7 aromatic heterocycles. The van der Waals surface area contributed by atoms with E-state index in [1.165, 1.54) is 83.0 Å². The average molecular weight is 1910 g/mol. The summed E-state index contributed by atoms with van der Waals surface area (Å²) in [6, 6.07) is 25.1. The van der Waals surface area contributed by atoms with Gasteiger partial charge in [0.25, 0.3) is 0 Å². The molecule has 0 bridgehead atoms. The van der Waals surface area contributed by atoms with E-state index in [2.05, 4.69) is 189 Å². The highest BCUT2D eigenvalue weighted by molar-refractivity contribution is 9.11. The molecular weight excluding hydrogens is 1790 g/mol. The third kappa shape index (κ3) is 33.4. The van der Waals surface area contributed by atoms with Crippen LogP contribution in [0.3, 0.4) is 0 Å². The van der Waals surface area contributed by atoms with Gasteiger partial charge in [0.2, 0.25) is 9.84 Å². The minimum Gasteiger partial charge on any atom is -0.465 e. The Morgan fingerprint density at radius 2 is 0.924 bits per heavy atom. The molecule has 648 valence electrons. The normalized spacial score (nSPS) is 11.5. The zero-order valence-electron chi connectivity index (χ0n) is 71.9. The van der Waals surface area contributed by atoms with Gasteiger partial charge in [-0.3, -0.25) is 9.59 Å². The average Bonchev–Trinajstić information content (AvgIpc) is 1.74. The number of hydrogen-bond acceptors (Lipinski definition) is 26. The summed E-state index contributed by atoms with van der Waals surface area (Å²) in [6.45, 7) is 37.6. The molecule has 0 spiro atoms. The third-order valence-electron chi connectivity index (χ3n) is 19.1. The van der Waals surface area contributed by atoms with Crippen LogP contribution in [-0.4, -0.2) is 97.8 Å². The van der Waals surface area contributed by atoms with Crippen molar-refractivity contribution in [2.75, 3.05) is 24.7 Å². The minimum atomic E-state index is -3.65. The molecule has 0 fully saturated rings. The smallest absolute Gasteiger partial charge is 0.465 e. The van der Waals surface area contributed by atoms with Gasteiger partial charge in [0.1, 0.15) is 32.3 Å². The Bertz CT molecular complexity index is 4940. The maximum atomic E-state index is 13.0. The lowest BCUT2D eigenvalue weighted by molar-refractivity contribution is -0.145. The van der Waals surface area contributed by atoms with Crippen molar-refractivity contribution in [1.29, 1.82) is 0 Å².